The lowest BCUT2D eigenvalue weighted by atomic mass is 10.1. The van der Waals surface area contributed by atoms with E-state index in [0.29, 0.717) is 18.3 Å². The van der Waals surface area contributed by atoms with Gasteiger partial charge >= 0.3 is 6.18 Å². The minimum Gasteiger partial charge on any atom is -0.378 e. The Hall–Kier alpha value is -3.40. The minimum absolute atomic E-state index is 0.0807. The maximum Gasteiger partial charge on any atom is 0.417 e. The van der Waals surface area contributed by atoms with Crippen molar-refractivity contribution < 1.29 is 18.0 Å². The molecule has 0 aliphatic rings. The molecule has 0 saturated heterocycles. The molecule has 0 saturated carbocycles. The smallest absolute Gasteiger partial charge is 0.378 e. The first-order valence-electron chi connectivity index (χ1n) is 9.98. The molecule has 3 aromatic rings. The summed E-state index contributed by atoms with van der Waals surface area (Å²) in [6.45, 7) is 4.20. The van der Waals surface area contributed by atoms with Crippen molar-refractivity contribution in [1.82, 2.24) is 14.8 Å². The van der Waals surface area contributed by atoms with E-state index in [4.69, 9.17) is 11.6 Å². The van der Waals surface area contributed by atoms with E-state index in [-0.39, 0.29) is 34.9 Å². The molecule has 0 atom stereocenters. The van der Waals surface area contributed by atoms with Gasteiger partial charge in [-0.1, -0.05) is 37.6 Å². The van der Waals surface area contributed by atoms with Gasteiger partial charge in [0.15, 0.2) is 5.82 Å². The molecular weight excluding hydrogens is 459 g/mol. The Labute approximate surface area is 192 Å². The third-order valence-electron chi connectivity index (χ3n) is 4.50. The summed E-state index contributed by atoms with van der Waals surface area (Å²) in [5.74, 6) is 0.0681. The molecule has 3 rings (SSSR count). The molecule has 2 aromatic heterocycles. The van der Waals surface area contributed by atoms with Gasteiger partial charge in [-0.15, -0.1) is 0 Å². The van der Waals surface area contributed by atoms with Gasteiger partial charge in [0.25, 0.3) is 5.56 Å². The molecular formula is C22H21ClF3N5O2. The molecule has 0 aliphatic carbocycles. The minimum atomic E-state index is -4.54. The number of benzene rings is 1. The Balaban J connectivity index is 1.72. The van der Waals surface area contributed by atoms with Crippen LogP contribution in [0.5, 0.6) is 0 Å². The SMILES string of the molecule is CC(C)CC(=O)Nc1cccc(CNc2cnn(-c3ccc(C(F)(F)F)cn3)c(=O)c2Cl)c1. The number of nitrogens with one attached hydrogen (secondary N) is 2. The average molecular weight is 480 g/mol. The summed E-state index contributed by atoms with van der Waals surface area (Å²) < 4.78 is 38.9. The molecule has 0 spiro atoms. The maximum atomic E-state index is 12.7. The fourth-order valence-electron chi connectivity index (χ4n) is 2.94. The van der Waals surface area contributed by atoms with Crippen molar-refractivity contribution >= 4 is 28.9 Å². The van der Waals surface area contributed by atoms with Crippen LogP contribution in [-0.4, -0.2) is 20.7 Å². The van der Waals surface area contributed by atoms with Gasteiger partial charge in [-0.3, -0.25) is 9.59 Å². The molecule has 33 heavy (non-hydrogen) atoms. The molecule has 2 N–H and O–H groups in total. The van der Waals surface area contributed by atoms with Crippen LogP contribution in [0.3, 0.4) is 0 Å². The predicted molar refractivity (Wildman–Crippen MR) is 119 cm³/mol. The van der Waals surface area contributed by atoms with Crippen molar-refractivity contribution in [3.63, 3.8) is 0 Å². The van der Waals surface area contributed by atoms with Crippen LogP contribution in [0.15, 0.2) is 53.6 Å². The average Bonchev–Trinajstić information content (AvgIpc) is 2.74. The number of anilines is 2. The first kappa shape index (κ1) is 24.2. The van der Waals surface area contributed by atoms with Crippen molar-refractivity contribution in [3.05, 3.63) is 75.3 Å². The van der Waals surface area contributed by atoms with Crippen LogP contribution in [0, 0.1) is 5.92 Å². The Morgan fingerprint density at radius 1 is 1.18 bits per heavy atom. The molecule has 2 heterocycles. The number of hydrogen-bond acceptors (Lipinski definition) is 5. The van der Waals surface area contributed by atoms with Crippen LogP contribution in [0.4, 0.5) is 24.5 Å². The second kappa shape index (κ2) is 10.0. The second-order valence-corrected chi connectivity index (χ2v) is 8.07. The van der Waals surface area contributed by atoms with Crippen molar-refractivity contribution in [1.29, 1.82) is 0 Å². The summed E-state index contributed by atoms with van der Waals surface area (Å²) in [5.41, 5.74) is 0.0453. The Morgan fingerprint density at radius 2 is 1.94 bits per heavy atom. The van der Waals surface area contributed by atoms with Gasteiger partial charge in [0.2, 0.25) is 5.91 Å². The molecule has 7 nitrogen and oxygen atoms in total. The van der Waals surface area contributed by atoms with E-state index >= 15 is 0 Å². The van der Waals surface area contributed by atoms with Crippen LogP contribution < -0.4 is 16.2 Å². The highest BCUT2D eigenvalue weighted by molar-refractivity contribution is 6.32. The number of amides is 1. The van der Waals surface area contributed by atoms with Crippen molar-refractivity contribution in [2.45, 2.75) is 33.0 Å². The number of aromatic nitrogens is 3. The Morgan fingerprint density at radius 3 is 2.58 bits per heavy atom. The Kier molecular flexibility index (Phi) is 7.37. The van der Waals surface area contributed by atoms with Crippen LogP contribution in [0.25, 0.3) is 5.82 Å². The number of carbonyl (C=O) groups excluding carboxylic acids is 1. The largest absolute Gasteiger partial charge is 0.417 e. The van der Waals surface area contributed by atoms with Crippen LogP contribution >= 0.6 is 11.6 Å². The van der Waals surface area contributed by atoms with E-state index in [0.717, 1.165) is 22.4 Å². The number of pyridine rings is 1. The molecule has 0 radical (unpaired) electrons. The van der Waals surface area contributed by atoms with E-state index in [2.05, 4.69) is 20.7 Å². The zero-order valence-corrected chi connectivity index (χ0v) is 18.5. The number of hydrogen-bond donors (Lipinski definition) is 2. The lowest BCUT2D eigenvalue weighted by molar-refractivity contribution is -0.137. The van der Waals surface area contributed by atoms with Gasteiger partial charge in [0, 0.05) is 24.8 Å². The number of carbonyl (C=O) groups is 1. The van der Waals surface area contributed by atoms with E-state index in [9.17, 15) is 22.8 Å². The molecule has 174 valence electrons. The lowest BCUT2D eigenvalue weighted by Crippen LogP contribution is -2.23. The first-order chi connectivity index (χ1) is 15.5. The summed E-state index contributed by atoms with van der Waals surface area (Å²) in [5, 5.41) is 9.60. The van der Waals surface area contributed by atoms with Crippen molar-refractivity contribution in [2.24, 2.45) is 5.92 Å². The summed E-state index contributed by atoms with van der Waals surface area (Å²) in [4.78, 5) is 28.2. The standard InChI is InChI=1S/C22H21ClF3N5O2/c1-13(2)8-19(32)30-16-5-3-4-14(9-16)10-27-17-12-29-31(21(33)20(17)23)18-7-6-15(11-28-18)22(24,25)26/h3-7,9,11-13,27H,8,10H2,1-2H3,(H,30,32). The van der Waals surface area contributed by atoms with E-state index in [1.807, 2.05) is 19.9 Å². The van der Waals surface area contributed by atoms with Gasteiger partial charge < -0.3 is 10.6 Å². The molecule has 1 amide bonds. The summed E-state index contributed by atoms with van der Waals surface area (Å²) in [7, 11) is 0. The quantitative estimate of drug-likeness (QED) is 0.503. The predicted octanol–water partition coefficient (Wildman–Crippen LogP) is 4.90. The molecule has 1 aromatic carbocycles. The van der Waals surface area contributed by atoms with Crippen LogP contribution in [0.1, 0.15) is 31.4 Å². The van der Waals surface area contributed by atoms with Gasteiger partial charge in [-0.25, -0.2) is 4.98 Å². The maximum absolute atomic E-state index is 12.7. The van der Waals surface area contributed by atoms with Crippen molar-refractivity contribution in [2.75, 3.05) is 10.6 Å². The highest BCUT2D eigenvalue weighted by Crippen LogP contribution is 2.28. The number of alkyl halides is 3. The van der Waals surface area contributed by atoms with Crippen molar-refractivity contribution in [3.8, 4) is 5.82 Å². The third kappa shape index (κ3) is 6.32. The number of halogens is 4. The molecule has 0 fully saturated rings. The highest BCUT2D eigenvalue weighted by atomic mass is 35.5. The van der Waals surface area contributed by atoms with Gasteiger partial charge in [-0.05, 0) is 35.7 Å². The van der Waals surface area contributed by atoms with E-state index in [1.165, 1.54) is 6.20 Å². The zero-order chi connectivity index (χ0) is 24.2. The molecule has 0 aliphatic heterocycles. The summed E-state index contributed by atoms with van der Waals surface area (Å²) in [6.07, 6.45) is -2.22. The molecule has 0 unspecified atom stereocenters. The monoisotopic (exact) mass is 479 g/mol. The van der Waals surface area contributed by atoms with Gasteiger partial charge in [0.1, 0.15) is 5.02 Å². The second-order valence-electron chi connectivity index (χ2n) is 7.69. The third-order valence-corrected chi connectivity index (χ3v) is 4.86. The van der Waals surface area contributed by atoms with Gasteiger partial charge in [0.05, 0.1) is 17.4 Å². The van der Waals surface area contributed by atoms with Crippen LogP contribution in [0.2, 0.25) is 5.02 Å². The molecule has 0 bridgehead atoms. The van der Waals surface area contributed by atoms with Crippen LogP contribution in [-0.2, 0) is 17.5 Å². The highest BCUT2D eigenvalue weighted by Gasteiger charge is 2.30. The lowest BCUT2D eigenvalue weighted by Gasteiger charge is -2.12. The summed E-state index contributed by atoms with van der Waals surface area (Å²) >= 11 is 6.17. The zero-order valence-electron chi connectivity index (χ0n) is 17.8. The number of nitrogens with zero attached hydrogens (tertiary/aromatic N) is 3. The normalized spacial score (nSPS) is 11.5. The molecule has 11 heteroatoms. The first-order valence-corrected chi connectivity index (χ1v) is 10.4. The topological polar surface area (TPSA) is 88.9 Å². The van der Waals surface area contributed by atoms with Gasteiger partial charge in [-0.2, -0.15) is 23.0 Å². The summed E-state index contributed by atoms with van der Waals surface area (Å²) in [6, 6.07) is 9.04. The number of rotatable bonds is 7. The fourth-order valence-corrected chi connectivity index (χ4v) is 3.13. The fraction of sp³-hybridized carbons (Fsp3) is 0.273. The Bertz CT molecular complexity index is 1190. The van der Waals surface area contributed by atoms with E-state index < -0.39 is 17.3 Å². The van der Waals surface area contributed by atoms with E-state index in [1.54, 1.807) is 18.2 Å².